The summed E-state index contributed by atoms with van der Waals surface area (Å²) in [6.07, 6.45) is 5.25. The zero-order valence-corrected chi connectivity index (χ0v) is 12.8. The Balaban J connectivity index is 2.50. The van der Waals surface area contributed by atoms with E-state index in [9.17, 15) is 0 Å². The van der Waals surface area contributed by atoms with Gasteiger partial charge in [-0.05, 0) is 58.9 Å². The second-order valence-electron chi connectivity index (χ2n) is 5.92. The first-order valence-corrected chi connectivity index (χ1v) is 7.44. The van der Waals surface area contributed by atoms with Crippen LogP contribution < -0.4 is 5.32 Å². The molecule has 2 unspecified atom stereocenters. The van der Waals surface area contributed by atoms with Crippen LogP contribution in [0.15, 0.2) is 0 Å². The zero-order chi connectivity index (χ0) is 13.6. The molecule has 1 N–H and O–H groups in total. The molecule has 0 heterocycles. The largest absolute Gasteiger partial charge is 0.379 e. The summed E-state index contributed by atoms with van der Waals surface area (Å²) in [5.41, 5.74) is -0.0337. The molecule has 1 rings (SSSR count). The van der Waals surface area contributed by atoms with Gasteiger partial charge in [0, 0.05) is 19.8 Å². The molecule has 0 radical (unpaired) electrons. The molecule has 0 aromatic heterocycles. The van der Waals surface area contributed by atoms with Crippen LogP contribution in [0, 0.1) is 5.92 Å². The van der Waals surface area contributed by atoms with Crippen molar-refractivity contribution >= 4 is 0 Å². The van der Waals surface area contributed by atoms with Crippen molar-refractivity contribution < 1.29 is 9.47 Å². The van der Waals surface area contributed by atoms with Crippen molar-refractivity contribution in [2.75, 3.05) is 20.3 Å². The minimum atomic E-state index is -0.0337. The summed E-state index contributed by atoms with van der Waals surface area (Å²) in [4.78, 5) is 0. The Kier molecular flexibility index (Phi) is 6.61. The van der Waals surface area contributed by atoms with Crippen molar-refractivity contribution in [3.05, 3.63) is 0 Å². The number of nitrogens with one attached hydrogen (secondary N) is 1. The maximum Gasteiger partial charge on any atom is 0.0755 e. The smallest absolute Gasteiger partial charge is 0.0755 e. The summed E-state index contributed by atoms with van der Waals surface area (Å²) in [5.74, 6) is 0.777. The van der Waals surface area contributed by atoms with E-state index in [0.717, 1.165) is 31.9 Å². The van der Waals surface area contributed by atoms with E-state index in [0.29, 0.717) is 12.1 Å². The van der Waals surface area contributed by atoms with Gasteiger partial charge in [0.2, 0.25) is 0 Å². The molecule has 0 aliphatic heterocycles. The van der Waals surface area contributed by atoms with E-state index in [4.69, 9.17) is 9.47 Å². The Bertz CT molecular complexity index is 227. The lowest BCUT2D eigenvalue weighted by atomic mass is 9.94. The van der Waals surface area contributed by atoms with Gasteiger partial charge in [0.1, 0.15) is 0 Å². The van der Waals surface area contributed by atoms with E-state index >= 15 is 0 Å². The SMILES string of the molecule is CCNC(CCC(C)(C)OC)C(OCC)C1CC1. The summed E-state index contributed by atoms with van der Waals surface area (Å²) in [6, 6.07) is 0.469. The van der Waals surface area contributed by atoms with Gasteiger partial charge < -0.3 is 14.8 Å². The fraction of sp³-hybridized carbons (Fsp3) is 1.00. The van der Waals surface area contributed by atoms with Crippen molar-refractivity contribution in [1.29, 1.82) is 0 Å². The van der Waals surface area contributed by atoms with E-state index in [1.165, 1.54) is 12.8 Å². The molecule has 1 saturated carbocycles. The third-order valence-corrected chi connectivity index (χ3v) is 3.92. The summed E-state index contributed by atoms with van der Waals surface area (Å²) >= 11 is 0. The van der Waals surface area contributed by atoms with E-state index < -0.39 is 0 Å². The minimum Gasteiger partial charge on any atom is -0.379 e. The van der Waals surface area contributed by atoms with E-state index in [1.54, 1.807) is 7.11 Å². The monoisotopic (exact) mass is 257 g/mol. The van der Waals surface area contributed by atoms with Crippen LogP contribution in [0.3, 0.4) is 0 Å². The van der Waals surface area contributed by atoms with Crippen LogP contribution in [0.1, 0.15) is 53.4 Å². The predicted octanol–water partition coefficient (Wildman–Crippen LogP) is 2.98. The van der Waals surface area contributed by atoms with Crippen molar-refractivity contribution in [2.24, 2.45) is 5.92 Å². The van der Waals surface area contributed by atoms with Gasteiger partial charge in [-0.15, -0.1) is 0 Å². The van der Waals surface area contributed by atoms with Crippen molar-refractivity contribution in [3.8, 4) is 0 Å². The van der Waals surface area contributed by atoms with Gasteiger partial charge in [0.15, 0.2) is 0 Å². The average molecular weight is 257 g/mol. The van der Waals surface area contributed by atoms with Crippen LogP contribution in [0.25, 0.3) is 0 Å². The Hall–Kier alpha value is -0.120. The average Bonchev–Trinajstić information content (AvgIpc) is 3.16. The highest BCUT2D eigenvalue weighted by molar-refractivity contribution is 4.91. The van der Waals surface area contributed by atoms with Gasteiger partial charge in [-0.1, -0.05) is 6.92 Å². The summed E-state index contributed by atoms with van der Waals surface area (Å²) in [6.45, 7) is 10.4. The highest BCUT2D eigenvalue weighted by Crippen LogP contribution is 2.37. The number of likely N-dealkylation sites (N-methyl/N-ethyl adjacent to an activating group) is 1. The third-order valence-electron chi connectivity index (χ3n) is 3.92. The molecule has 3 heteroatoms. The van der Waals surface area contributed by atoms with Crippen molar-refractivity contribution in [3.63, 3.8) is 0 Å². The molecule has 0 bridgehead atoms. The molecular weight excluding hydrogens is 226 g/mol. The molecule has 0 aromatic carbocycles. The molecule has 1 fully saturated rings. The van der Waals surface area contributed by atoms with Gasteiger partial charge in [-0.2, -0.15) is 0 Å². The maximum atomic E-state index is 5.98. The van der Waals surface area contributed by atoms with E-state index in [-0.39, 0.29) is 5.60 Å². The molecule has 1 aliphatic rings. The third kappa shape index (κ3) is 5.25. The Morgan fingerprint density at radius 2 is 1.94 bits per heavy atom. The van der Waals surface area contributed by atoms with Gasteiger partial charge in [0.25, 0.3) is 0 Å². The maximum absolute atomic E-state index is 5.98. The van der Waals surface area contributed by atoms with Gasteiger partial charge >= 0.3 is 0 Å². The van der Waals surface area contributed by atoms with Crippen LogP contribution in [0.4, 0.5) is 0 Å². The number of methoxy groups -OCH3 is 1. The first kappa shape index (κ1) is 15.9. The fourth-order valence-corrected chi connectivity index (χ4v) is 2.45. The van der Waals surface area contributed by atoms with E-state index in [1.807, 2.05) is 0 Å². The quantitative estimate of drug-likeness (QED) is 0.652. The van der Waals surface area contributed by atoms with Crippen LogP contribution >= 0.6 is 0 Å². The number of rotatable bonds is 10. The second kappa shape index (κ2) is 7.46. The molecule has 108 valence electrons. The van der Waals surface area contributed by atoms with Gasteiger partial charge in [-0.3, -0.25) is 0 Å². The Labute approximate surface area is 113 Å². The topological polar surface area (TPSA) is 30.5 Å². The van der Waals surface area contributed by atoms with Crippen LogP contribution in [-0.2, 0) is 9.47 Å². The number of hydrogen-bond acceptors (Lipinski definition) is 3. The van der Waals surface area contributed by atoms with Gasteiger partial charge in [-0.25, -0.2) is 0 Å². The van der Waals surface area contributed by atoms with Gasteiger partial charge in [0.05, 0.1) is 11.7 Å². The summed E-state index contributed by atoms with van der Waals surface area (Å²) in [5, 5.41) is 3.60. The Morgan fingerprint density at radius 3 is 2.39 bits per heavy atom. The molecule has 0 amide bonds. The number of ether oxygens (including phenoxy) is 2. The second-order valence-corrected chi connectivity index (χ2v) is 5.92. The van der Waals surface area contributed by atoms with Crippen LogP contribution in [0.2, 0.25) is 0 Å². The van der Waals surface area contributed by atoms with Crippen molar-refractivity contribution in [1.82, 2.24) is 5.32 Å². The molecular formula is C15H31NO2. The standard InChI is InChI=1S/C15H31NO2/c1-6-16-13(10-11-15(3,4)17-5)14(18-7-2)12-8-9-12/h12-14,16H,6-11H2,1-5H3. The molecule has 18 heavy (non-hydrogen) atoms. The predicted molar refractivity (Wildman–Crippen MR) is 75.9 cm³/mol. The lowest BCUT2D eigenvalue weighted by molar-refractivity contribution is -0.00960. The van der Waals surface area contributed by atoms with Crippen LogP contribution in [-0.4, -0.2) is 38.0 Å². The molecule has 3 nitrogen and oxygen atoms in total. The molecule has 0 aromatic rings. The molecule has 0 spiro atoms. The Morgan fingerprint density at radius 1 is 1.28 bits per heavy atom. The molecule has 2 atom stereocenters. The van der Waals surface area contributed by atoms with Crippen molar-refractivity contribution in [2.45, 2.75) is 71.1 Å². The zero-order valence-electron chi connectivity index (χ0n) is 12.8. The van der Waals surface area contributed by atoms with E-state index in [2.05, 4.69) is 33.0 Å². The lowest BCUT2D eigenvalue weighted by Gasteiger charge is -2.31. The fourth-order valence-electron chi connectivity index (χ4n) is 2.45. The highest BCUT2D eigenvalue weighted by atomic mass is 16.5. The highest BCUT2D eigenvalue weighted by Gasteiger charge is 2.37. The first-order chi connectivity index (χ1) is 8.54. The normalized spacial score (nSPS) is 19.8. The summed E-state index contributed by atoms with van der Waals surface area (Å²) in [7, 11) is 1.79. The van der Waals surface area contributed by atoms with Crippen LogP contribution in [0.5, 0.6) is 0 Å². The molecule has 0 saturated heterocycles. The first-order valence-electron chi connectivity index (χ1n) is 7.44. The minimum absolute atomic E-state index is 0.0337. The summed E-state index contributed by atoms with van der Waals surface area (Å²) < 4.78 is 11.5. The molecule has 1 aliphatic carbocycles. The number of hydrogen-bond donors (Lipinski definition) is 1. The lowest BCUT2D eigenvalue weighted by Crippen LogP contribution is -2.44.